The Hall–Kier alpha value is -3.06. The van der Waals surface area contributed by atoms with Crippen LogP contribution in [0.3, 0.4) is 0 Å². The van der Waals surface area contributed by atoms with Gasteiger partial charge in [-0.05, 0) is 43.7 Å². The van der Waals surface area contributed by atoms with Crippen LogP contribution in [-0.4, -0.2) is 15.9 Å². The van der Waals surface area contributed by atoms with E-state index in [-0.39, 0.29) is 11.5 Å². The first-order valence-corrected chi connectivity index (χ1v) is 8.35. The number of nitrogens with zero attached hydrogens (tertiary/aromatic N) is 2. The summed E-state index contributed by atoms with van der Waals surface area (Å²) in [5.41, 5.74) is 1.83. The summed E-state index contributed by atoms with van der Waals surface area (Å²) in [6.45, 7) is 3.48. The van der Waals surface area contributed by atoms with Crippen LogP contribution in [0.25, 0.3) is 0 Å². The Kier molecular flexibility index (Phi) is 5.32. The molecule has 0 spiro atoms. The summed E-state index contributed by atoms with van der Waals surface area (Å²) >= 11 is 6.06. The van der Waals surface area contributed by atoms with Crippen LogP contribution in [0, 0.1) is 25.5 Å². The van der Waals surface area contributed by atoms with Gasteiger partial charge in [-0.2, -0.15) is 0 Å². The molecule has 5 nitrogen and oxygen atoms in total. The van der Waals surface area contributed by atoms with Crippen molar-refractivity contribution in [3.63, 3.8) is 0 Å². The summed E-state index contributed by atoms with van der Waals surface area (Å²) in [7, 11) is 0. The standard InChI is InChI=1S/C19H15ClF2N4O/c1-10-3-4-12(7-14(10)20)26-19(27)17-9-18(24-11(2)23-17)25-13-5-6-15(21)16(22)8-13/h3-9H,1-2H3,(H,26,27)(H,23,24,25). The number of aryl methyl sites for hydroxylation is 2. The molecular formula is C19H15ClF2N4O. The number of benzene rings is 2. The molecule has 0 unspecified atom stereocenters. The maximum Gasteiger partial charge on any atom is 0.274 e. The minimum Gasteiger partial charge on any atom is -0.340 e. The fraction of sp³-hybridized carbons (Fsp3) is 0.105. The predicted octanol–water partition coefficient (Wildman–Crippen LogP) is 5.02. The van der Waals surface area contributed by atoms with Crippen LogP contribution in [0.15, 0.2) is 42.5 Å². The highest BCUT2D eigenvalue weighted by molar-refractivity contribution is 6.31. The molecule has 0 bridgehead atoms. The van der Waals surface area contributed by atoms with Crippen LogP contribution in [-0.2, 0) is 0 Å². The van der Waals surface area contributed by atoms with Gasteiger partial charge in [0.1, 0.15) is 17.3 Å². The Bertz CT molecular complexity index is 1030. The van der Waals surface area contributed by atoms with Crippen LogP contribution in [0.4, 0.5) is 26.0 Å². The van der Waals surface area contributed by atoms with Gasteiger partial charge in [0, 0.05) is 28.5 Å². The third kappa shape index (κ3) is 4.57. The lowest BCUT2D eigenvalue weighted by Crippen LogP contribution is -2.15. The summed E-state index contributed by atoms with van der Waals surface area (Å²) in [6.07, 6.45) is 0. The molecule has 1 heterocycles. The van der Waals surface area contributed by atoms with Crippen LogP contribution in [0.2, 0.25) is 5.02 Å². The number of anilines is 3. The minimum absolute atomic E-state index is 0.115. The molecule has 1 aromatic heterocycles. The fourth-order valence-electron chi connectivity index (χ4n) is 2.34. The van der Waals surface area contributed by atoms with Crippen molar-refractivity contribution in [3.8, 4) is 0 Å². The van der Waals surface area contributed by atoms with Crippen molar-refractivity contribution >= 4 is 34.7 Å². The SMILES string of the molecule is Cc1nc(Nc2ccc(F)c(F)c2)cc(C(=O)Nc2ccc(C)c(Cl)c2)n1. The maximum absolute atomic E-state index is 13.3. The van der Waals surface area contributed by atoms with E-state index in [0.29, 0.717) is 22.2 Å². The molecule has 0 atom stereocenters. The zero-order valence-corrected chi connectivity index (χ0v) is 15.2. The zero-order chi connectivity index (χ0) is 19.6. The normalized spacial score (nSPS) is 10.6. The molecule has 138 valence electrons. The first kappa shape index (κ1) is 18.7. The Balaban J connectivity index is 1.82. The first-order chi connectivity index (χ1) is 12.8. The lowest BCUT2D eigenvalue weighted by molar-refractivity contribution is 0.102. The van der Waals surface area contributed by atoms with Gasteiger partial charge in [-0.15, -0.1) is 0 Å². The van der Waals surface area contributed by atoms with Crippen molar-refractivity contribution < 1.29 is 13.6 Å². The summed E-state index contributed by atoms with van der Waals surface area (Å²) in [6, 6.07) is 9.95. The van der Waals surface area contributed by atoms with Gasteiger partial charge >= 0.3 is 0 Å². The topological polar surface area (TPSA) is 66.9 Å². The van der Waals surface area contributed by atoms with E-state index in [1.54, 1.807) is 25.1 Å². The van der Waals surface area contributed by atoms with Crippen molar-refractivity contribution in [2.75, 3.05) is 10.6 Å². The third-order valence-electron chi connectivity index (χ3n) is 3.69. The molecule has 1 amide bonds. The molecule has 3 aromatic rings. The molecule has 27 heavy (non-hydrogen) atoms. The number of carbonyl (C=O) groups excluding carboxylic acids is 1. The van der Waals surface area contributed by atoms with Gasteiger partial charge < -0.3 is 10.6 Å². The fourth-order valence-corrected chi connectivity index (χ4v) is 2.52. The largest absolute Gasteiger partial charge is 0.340 e. The van der Waals surface area contributed by atoms with Crippen LogP contribution in [0.1, 0.15) is 21.9 Å². The van der Waals surface area contributed by atoms with E-state index in [0.717, 1.165) is 17.7 Å². The number of aromatic nitrogens is 2. The van der Waals surface area contributed by atoms with Crippen molar-refractivity contribution in [1.82, 2.24) is 9.97 Å². The number of halogens is 3. The third-order valence-corrected chi connectivity index (χ3v) is 4.10. The molecule has 2 aromatic carbocycles. The van der Waals surface area contributed by atoms with Gasteiger partial charge in [-0.25, -0.2) is 18.7 Å². The lowest BCUT2D eigenvalue weighted by Gasteiger charge is -2.10. The molecule has 0 radical (unpaired) electrons. The van der Waals surface area contributed by atoms with Crippen molar-refractivity contribution in [2.24, 2.45) is 0 Å². The van der Waals surface area contributed by atoms with Crippen molar-refractivity contribution in [3.05, 3.63) is 76.2 Å². The molecule has 8 heteroatoms. The quantitative estimate of drug-likeness (QED) is 0.658. The Labute approximate surface area is 159 Å². The second-order valence-electron chi connectivity index (χ2n) is 5.86. The number of nitrogens with one attached hydrogen (secondary N) is 2. The van der Waals surface area contributed by atoms with Gasteiger partial charge in [-0.3, -0.25) is 4.79 Å². The smallest absolute Gasteiger partial charge is 0.274 e. The number of hydrogen-bond acceptors (Lipinski definition) is 4. The summed E-state index contributed by atoms with van der Waals surface area (Å²) in [5.74, 6) is -1.76. The van der Waals surface area contributed by atoms with E-state index in [4.69, 9.17) is 11.6 Å². The van der Waals surface area contributed by atoms with E-state index in [1.165, 1.54) is 12.1 Å². The van der Waals surface area contributed by atoms with Gasteiger partial charge in [-0.1, -0.05) is 17.7 Å². The van der Waals surface area contributed by atoms with Crippen LogP contribution < -0.4 is 10.6 Å². The average Bonchev–Trinajstić information content (AvgIpc) is 2.61. The maximum atomic E-state index is 13.3. The number of carbonyl (C=O) groups is 1. The van der Waals surface area contributed by atoms with Gasteiger partial charge in [0.25, 0.3) is 5.91 Å². The number of rotatable bonds is 4. The lowest BCUT2D eigenvalue weighted by atomic mass is 10.2. The number of hydrogen-bond donors (Lipinski definition) is 2. The van der Waals surface area contributed by atoms with E-state index in [2.05, 4.69) is 20.6 Å². The van der Waals surface area contributed by atoms with Gasteiger partial charge in [0.05, 0.1) is 0 Å². The summed E-state index contributed by atoms with van der Waals surface area (Å²) in [5, 5.41) is 6.07. The molecule has 0 aliphatic carbocycles. The summed E-state index contributed by atoms with van der Waals surface area (Å²) < 4.78 is 26.4. The Morgan fingerprint density at radius 1 is 0.963 bits per heavy atom. The van der Waals surface area contributed by atoms with E-state index < -0.39 is 17.5 Å². The van der Waals surface area contributed by atoms with E-state index >= 15 is 0 Å². The number of amides is 1. The van der Waals surface area contributed by atoms with Gasteiger partial charge in [0.2, 0.25) is 0 Å². The molecule has 0 saturated heterocycles. The second kappa shape index (κ2) is 7.67. The first-order valence-electron chi connectivity index (χ1n) is 7.97. The highest BCUT2D eigenvalue weighted by Gasteiger charge is 2.12. The van der Waals surface area contributed by atoms with Gasteiger partial charge in [0.15, 0.2) is 11.6 Å². The molecule has 0 fully saturated rings. The molecule has 0 saturated carbocycles. The van der Waals surface area contributed by atoms with E-state index in [1.807, 2.05) is 6.92 Å². The monoisotopic (exact) mass is 388 g/mol. The highest BCUT2D eigenvalue weighted by atomic mass is 35.5. The Morgan fingerprint density at radius 2 is 1.70 bits per heavy atom. The molecular weight excluding hydrogens is 374 g/mol. The second-order valence-corrected chi connectivity index (χ2v) is 6.26. The highest BCUT2D eigenvalue weighted by Crippen LogP contribution is 2.21. The van der Waals surface area contributed by atoms with Crippen LogP contribution in [0.5, 0.6) is 0 Å². The average molecular weight is 389 g/mol. The molecule has 2 N–H and O–H groups in total. The van der Waals surface area contributed by atoms with Crippen molar-refractivity contribution in [2.45, 2.75) is 13.8 Å². The predicted molar refractivity (Wildman–Crippen MR) is 101 cm³/mol. The Morgan fingerprint density at radius 3 is 2.41 bits per heavy atom. The molecule has 3 rings (SSSR count). The van der Waals surface area contributed by atoms with Crippen LogP contribution >= 0.6 is 11.6 Å². The van der Waals surface area contributed by atoms with Crippen molar-refractivity contribution in [1.29, 1.82) is 0 Å². The van der Waals surface area contributed by atoms with E-state index in [9.17, 15) is 13.6 Å². The zero-order valence-electron chi connectivity index (χ0n) is 14.5. The molecule has 0 aliphatic rings. The molecule has 0 aliphatic heterocycles. The minimum atomic E-state index is -0.986. The summed E-state index contributed by atoms with van der Waals surface area (Å²) in [4.78, 5) is 20.8.